The van der Waals surface area contributed by atoms with Crippen molar-refractivity contribution in [3.05, 3.63) is 39.4 Å². The summed E-state index contributed by atoms with van der Waals surface area (Å²) in [6, 6.07) is 0.909. The number of piperazine rings is 1. The molecule has 0 aromatic heterocycles. The summed E-state index contributed by atoms with van der Waals surface area (Å²) in [5, 5.41) is 32.5. The lowest BCUT2D eigenvalue weighted by Crippen LogP contribution is -2.69. The molecule has 7 rings (SSSR count). The number of benzene rings is 2. The molecule has 4 bridgehead atoms. The zero-order chi connectivity index (χ0) is 30.5. The number of phenolic OH excluding ortho intramolecular Hbond substituents is 2. The Labute approximate surface area is 252 Å². The highest BCUT2D eigenvalue weighted by Crippen LogP contribution is 2.63. The second-order valence-electron chi connectivity index (χ2n) is 11.8. The molecule has 0 saturated carbocycles. The van der Waals surface area contributed by atoms with Gasteiger partial charge in [0.15, 0.2) is 23.0 Å². The van der Waals surface area contributed by atoms with E-state index in [1.165, 1.54) is 18.7 Å². The number of phenols is 2. The number of nitrogens with two attached hydrogens (primary N) is 1. The van der Waals surface area contributed by atoms with Gasteiger partial charge in [0.25, 0.3) is 0 Å². The van der Waals surface area contributed by atoms with Crippen molar-refractivity contribution in [1.29, 1.82) is 5.26 Å². The minimum absolute atomic E-state index is 0.0414. The first-order chi connectivity index (χ1) is 20.5. The monoisotopic (exact) mass is 608 g/mol. The highest BCUT2D eigenvalue weighted by molar-refractivity contribution is 7.99. The third-order valence-electron chi connectivity index (χ3n) is 9.51. The maximum Gasteiger partial charge on any atom is 0.323 e. The lowest BCUT2D eigenvalue weighted by atomic mass is 9.71. The zero-order valence-electron chi connectivity index (χ0n) is 24.1. The number of likely N-dealkylation sites (N-methyl/N-ethyl adjacent to an activating group) is 1. The molecule has 43 heavy (non-hydrogen) atoms. The molecule has 12 nitrogen and oxygen atoms in total. The molecule has 5 heterocycles. The molecule has 1 saturated heterocycles. The SMILES string of the molecule is CC(=O)Oc1c(C)c2c(c3c1[C@H]1SCC(N)C(=O)OC[C@H]3N3C1[C@H]1c4c(cc(C)c(O)c4O)C[C@H]([C@@H]3C#N)N1C)OCO2. The van der Waals surface area contributed by atoms with Crippen LogP contribution >= 0.6 is 11.8 Å². The fourth-order valence-electron chi connectivity index (χ4n) is 7.73. The van der Waals surface area contributed by atoms with E-state index in [1.54, 1.807) is 13.8 Å². The molecule has 0 aliphatic carbocycles. The van der Waals surface area contributed by atoms with Crippen LogP contribution in [0.2, 0.25) is 0 Å². The van der Waals surface area contributed by atoms with E-state index in [0.29, 0.717) is 51.5 Å². The number of nitriles is 1. The van der Waals surface area contributed by atoms with Gasteiger partial charge in [-0.15, -0.1) is 11.8 Å². The summed E-state index contributed by atoms with van der Waals surface area (Å²) in [6.45, 7) is 4.70. The molecule has 13 heteroatoms. The van der Waals surface area contributed by atoms with E-state index < -0.39 is 47.4 Å². The summed E-state index contributed by atoms with van der Waals surface area (Å²) in [5.41, 5.74) is 10.2. The van der Waals surface area contributed by atoms with Crippen LogP contribution in [0.5, 0.6) is 28.7 Å². The summed E-state index contributed by atoms with van der Waals surface area (Å²) >= 11 is 1.41. The summed E-state index contributed by atoms with van der Waals surface area (Å²) in [7, 11) is 1.93. The Hall–Kier alpha value is -3.70. The number of esters is 2. The predicted octanol–water partition coefficient (Wildman–Crippen LogP) is 2.26. The Bertz CT molecular complexity index is 1620. The van der Waals surface area contributed by atoms with Crippen molar-refractivity contribution in [3.63, 3.8) is 0 Å². The van der Waals surface area contributed by atoms with E-state index in [9.17, 15) is 25.1 Å². The van der Waals surface area contributed by atoms with Crippen LogP contribution in [-0.2, 0) is 20.7 Å². The normalized spacial score (nSPS) is 30.9. The molecule has 1 fully saturated rings. The molecule has 2 aromatic carbocycles. The van der Waals surface area contributed by atoms with Crippen molar-refractivity contribution in [3.8, 4) is 34.8 Å². The number of aryl methyl sites for hydroxylation is 1. The minimum atomic E-state index is -0.909. The highest BCUT2D eigenvalue weighted by Gasteiger charge is 2.60. The third-order valence-corrected chi connectivity index (χ3v) is 10.9. The number of cyclic esters (lactones) is 1. The van der Waals surface area contributed by atoms with Crippen LogP contribution in [0, 0.1) is 25.2 Å². The van der Waals surface area contributed by atoms with Gasteiger partial charge in [-0.25, -0.2) is 0 Å². The largest absolute Gasteiger partial charge is 0.504 e. The Morgan fingerprint density at radius 3 is 2.63 bits per heavy atom. The zero-order valence-corrected chi connectivity index (χ0v) is 24.9. The van der Waals surface area contributed by atoms with Gasteiger partial charge >= 0.3 is 11.9 Å². The Morgan fingerprint density at radius 1 is 1.16 bits per heavy atom. The van der Waals surface area contributed by atoms with Crippen molar-refractivity contribution in [2.75, 3.05) is 26.2 Å². The molecule has 4 N–H and O–H groups in total. The van der Waals surface area contributed by atoms with E-state index in [2.05, 4.69) is 15.9 Å². The molecule has 2 unspecified atom stereocenters. The first-order valence-electron chi connectivity index (χ1n) is 14.2. The number of fused-ring (bicyclic) bond motifs is 9. The number of ether oxygens (including phenoxy) is 4. The summed E-state index contributed by atoms with van der Waals surface area (Å²) in [6.07, 6.45) is 0.463. The molecule has 226 valence electrons. The standard InChI is InChI=1S/C30H32N4O8S/c1-11-5-14-6-16-17(7-31)34-18-8-39-30(38)15(32)9-43-29(23(34)22(33(16)4)19(14)25(37)24(11)36)21-20(18)28-27(40-10-41-28)12(2)26(21)42-13(3)35/h5,15-18,22-23,29,36-37H,6,8-10,32H2,1-4H3/t15?,16-,17+,18-,22-,23?,29-/m1/s1. The van der Waals surface area contributed by atoms with Crippen LogP contribution in [0.4, 0.5) is 0 Å². The number of rotatable bonds is 1. The molecule has 0 radical (unpaired) electrons. The lowest BCUT2D eigenvalue weighted by molar-refractivity contribution is -0.150. The number of hydrogen-bond acceptors (Lipinski definition) is 13. The average molecular weight is 609 g/mol. The molecule has 0 amide bonds. The van der Waals surface area contributed by atoms with Gasteiger partial charge in [0.1, 0.15) is 24.4 Å². The molecule has 2 aromatic rings. The van der Waals surface area contributed by atoms with Gasteiger partial charge in [-0.05, 0) is 38.4 Å². The minimum Gasteiger partial charge on any atom is -0.504 e. The highest BCUT2D eigenvalue weighted by atomic mass is 32.2. The molecular weight excluding hydrogens is 576 g/mol. The summed E-state index contributed by atoms with van der Waals surface area (Å²) in [5.74, 6) is -0.0225. The first-order valence-corrected chi connectivity index (χ1v) is 15.2. The second kappa shape index (κ2) is 9.92. The van der Waals surface area contributed by atoms with Crippen molar-refractivity contribution >= 4 is 23.7 Å². The maximum atomic E-state index is 12.9. The Kier molecular flexibility index (Phi) is 6.48. The van der Waals surface area contributed by atoms with Gasteiger partial charge in [0.2, 0.25) is 6.79 Å². The molecular formula is C30H32N4O8S. The van der Waals surface area contributed by atoms with Crippen LogP contribution in [0.15, 0.2) is 6.07 Å². The lowest BCUT2D eigenvalue weighted by Gasteiger charge is -2.61. The van der Waals surface area contributed by atoms with E-state index >= 15 is 0 Å². The first kappa shape index (κ1) is 28.1. The summed E-state index contributed by atoms with van der Waals surface area (Å²) in [4.78, 5) is 29.6. The van der Waals surface area contributed by atoms with E-state index in [1.807, 2.05) is 13.1 Å². The third kappa shape index (κ3) is 3.86. The van der Waals surface area contributed by atoms with Crippen LogP contribution in [0.25, 0.3) is 0 Å². The van der Waals surface area contributed by atoms with Gasteiger partial charge in [-0.3, -0.25) is 19.4 Å². The Morgan fingerprint density at radius 2 is 1.91 bits per heavy atom. The van der Waals surface area contributed by atoms with Crippen LogP contribution in [0.1, 0.15) is 57.6 Å². The number of thioether (sulfide) groups is 1. The number of aromatic hydroxyl groups is 2. The number of carbonyl (C=O) groups excluding carboxylic acids is 2. The fraction of sp³-hybridized carbons (Fsp3) is 0.500. The molecule has 5 aliphatic heterocycles. The van der Waals surface area contributed by atoms with Crippen molar-refractivity contribution in [2.45, 2.75) is 68.7 Å². The predicted molar refractivity (Wildman–Crippen MR) is 153 cm³/mol. The van der Waals surface area contributed by atoms with Gasteiger partial charge in [0, 0.05) is 47.0 Å². The van der Waals surface area contributed by atoms with Crippen LogP contribution < -0.4 is 19.9 Å². The van der Waals surface area contributed by atoms with Crippen molar-refractivity contribution in [2.24, 2.45) is 5.73 Å². The molecule has 7 atom stereocenters. The molecule has 0 spiro atoms. The number of nitrogens with zero attached hydrogens (tertiary/aromatic N) is 3. The smallest absolute Gasteiger partial charge is 0.323 e. The van der Waals surface area contributed by atoms with Gasteiger partial charge in [-0.1, -0.05) is 6.07 Å². The van der Waals surface area contributed by atoms with Gasteiger partial charge in [-0.2, -0.15) is 5.26 Å². The topological polar surface area (TPSA) is 168 Å². The number of hydrogen-bond donors (Lipinski definition) is 3. The van der Waals surface area contributed by atoms with Crippen LogP contribution in [0.3, 0.4) is 0 Å². The Balaban J connectivity index is 1.56. The van der Waals surface area contributed by atoms with Crippen molar-refractivity contribution in [1.82, 2.24) is 9.80 Å². The van der Waals surface area contributed by atoms with Crippen LogP contribution in [-0.4, -0.2) is 82.3 Å². The number of carbonyl (C=O) groups is 2. The fourth-order valence-corrected chi connectivity index (χ4v) is 9.17. The quantitative estimate of drug-likeness (QED) is 0.245. The van der Waals surface area contributed by atoms with E-state index in [0.717, 1.165) is 5.56 Å². The molecule has 5 aliphatic rings. The average Bonchev–Trinajstić information content (AvgIpc) is 3.46. The van der Waals surface area contributed by atoms with E-state index in [-0.39, 0.29) is 36.7 Å². The summed E-state index contributed by atoms with van der Waals surface area (Å²) < 4.78 is 23.6. The van der Waals surface area contributed by atoms with Gasteiger partial charge < -0.3 is 34.9 Å². The second-order valence-corrected chi connectivity index (χ2v) is 13.0. The van der Waals surface area contributed by atoms with Gasteiger partial charge in [0.05, 0.1) is 23.4 Å². The van der Waals surface area contributed by atoms with E-state index in [4.69, 9.17) is 24.7 Å². The maximum absolute atomic E-state index is 12.9. The van der Waals surface area contributed by atoms with Crippen molar-refractivity contribution < 1.29 is 38.7 Å².